The highest BCUT2D eigenvalue weighted by molar-refractivity contribution is 6.36. The van der Waals surface area contributed by atoms with Crippen molar-refractivity contribution in [3.8, 4) is 0 Å². The van der Waals surface area contributed by atoms with Crippen LogP contribution >= 0.6 is 34.8 Å². The zero-order valence-corrected chi connectivity index (χ0v) is 15.1. The second-order valence-corrected chi connectivity index (χ2v) is 6.55. The molecule has 0 spiro atoms. The summed E-state index contributed by atoms with van der Waals surface area (Å²) in [5.41, 5.74) is 1.51. The van der Waals surface area contributed by atoms with Gasteiger partial charge in [-0.3, -0.25) is 9.69 Å². The van der Waals surface area contributed by atoms with Crippen molar-refractivity contribution in [2.24, 2.45) is 0 Å². The van der Waals surface area contributed by atoms with E-state index in [1.165, 1.54) is 0 Å². The van der Waals surface area contributed by atoms with Gasteiger partial charge in [0.25, 0.3) is 0 Å². The normalized spacial score (nSPS) is 12.3. The van der Waals surface area contributed by atoms with Crippen LogP contribution in [0.4, 0.5) is 5.69 Å². The number of carbonyl (C=O) groups excluding carboxylic acids is 1. The lowest BCUT2D eigenvalue weighted by Gasteiger charge is -2.24. The molecule has 0 aromatic heterocycles. The number of nitrogens with one attached hydrogen (secondary N) is 1. The molecular formula is C17H17Cl3N2O. The lowest BCUT2D eigenvalue weighted by molar-refractivity contribution is -0.120. The number of halogens is 3. The molecule has 1 amide bonds. The Bertz CT molecular complexity index is 706. The maximum absolute atomic E-state index is 12.4. The lowest BCUT2D eigenvalue weighted by Crippen LogP contribution is -2.39. The van der Waals surface area contributed by atoms with E-state index in [0.717, 1.165) is 5.56 Å². The van der Waals surface area contributed by atoms with Crippen LogP contribution in [0.5, 0.6) is 0 Å². The molecule has 3 nitrogen and oxygen atoms in total. The van der Waals surface area contributed by atoms with Crippen molar-refractivity contribution in [3.05, 3.63) is 63.1 Å². The summed E-state index contributed by atoms with van der Waals surface area (Å²) in [6, 6.07) is 12.2. The van der Waals surface area contributed by atoms with Gasteiger partial charge in [-0.25, -0.2) is 0 Å². The number of rotatable bonds is 5. The SMILES string of the molecule is CC(C(=O)Nc1ccc(Cl)cc1Cl)N(C)Cc1ccccc1Cl. The maximum Gasteiger partial charge on any atom is 0.241 e. The highest BCUT2D eigenvalue weighted by Crippen LogP contribution is 2.25. The van der Waals surface area contributed by atoms with E-state index in [9.17, 15) is 4.79 Å². The molecule has 0 saturated heterocycles. The van der Waals surface area contributed by atoms with Gasteiger partial charge in [0.1, 0.15) is 0 Å². The van der Waals surface area contributed by atoms with Crippen molar-refractivity contribution < 1.29 is 4.79 Å². The molecule has 0 fully saturated rings. The summed E-state index contributed by atoms with van der Waals surface area (Å²) in [4.78, 5) is 14.3. The molecule has 122 valence electrons. The van der Waals surface area contributed by atoms with Crippen molar-refractivity contribution in [2.45, 2.75) is 19.5 Å². The third kappa shape index (κ3) is 4.85. The van der Waals surface area contributed by atoms with Crippen molar-refractivity contribution in [1.29, 1.82) is 0 Å². The Hall–Kier alpha value is -1.26. The number of hydrogen-bond acceptors (Lipinski definition) is 2. The molecule has 23 heavy (non-hydrogen) atoms. The quantitative estimate of drug-likeness (QED) is 0.792. The Labute approximate surface area is 151 Å². The largest absolute Gasteiger partial charge is 0.323 e. The first-order valence-corrected chi connectivity index (χ1v) is 8.21. The van der Waals surface area contributed by atoms with Crippen molar-refractivity contribution >= 4 is 46.4 Å². The van der Waals surface area contributed by atoms with Gasteiger partial charge in [-0.1, -0.05) is 53.0 Å². The minimum Gasteiger partial charge on any atom is -0.323 e. The van der Waals surface area contributed by atoms with Crippen LogP contribution in [0.2, 0.25) is 15.1 Å². The summed E-state index contributed by atoms with van der Waals surface area (Å²) < 4.78 is 0. The van der Waals surface area contributed by atoms with Gasteiger partial charge in [-0.2, -0.15) is 0 Å². The average molecular weight is 372 g/mol. The topological polar surface area (TPSA) is 32.3 Å². The molecule has 0 aliphatic heterocycles. The molecule has 0 saturated carbocycles. The van der Waals surface area contributed by atoms with E-state index in [0.29, 0.717) is 27.3 Å². The Kier molecular flexibility index (Phi) is 6.31. The third-order valence-corrected chi connectivity index (χ3v) is 4.52. The predicted molar refractivity (Wildman–Crippen MR) is 97.5 cm³/mol. The summed E-state index contributed by atoms with van der Waals surface area (Å²) in [5, 5.41) is 4.44. The summed E-state index contributed by atoms with van der Waals surface area (Å²) in [6.45, 7) is 2.40. The van der Waals surface area contributed by atoms with Gasteiger partial charge in [0.05, 0.1) is 16.8 Å². The molecule has 6 heteroatoms. The summed E-state index contributed by atoms with van der Waals surface area (Å²) in [6.07, 6.45) is 0. The minimum absolute atomic E-state index is 0.149. The second kappa shape index (κ2) is 8.02. The number of anilines is 1. The molecule has 0 aliphatic rings. The highest BCUT2D eigenvalue weighted by atomic mass is 35.5. The number of hydrogen-bond donors (Lipinski definition) is 1. The first-order valence-electron chi connectivity index (χ1n) is 7.08. The molecule has 0 aliphatic carbocycles. The van der Waals surface area contributed by atoms with Crippen LogP contribution < -0.4 is 5.32 Å². The van der Waals surface area contributed by atoms with Crippen LogP contribution in [0.1, 0.15) is 12.5 Å². The van der Waals surface area contributed by atoms with Crippen LogP contribution in [0, 0.1) is 0 Å². The predicted octanol–water partition coefficient (Wildman–Crippen LogP) is 5.11. The van der Waals surface area contributed by atoms with Gasteiger partial charge in [-0.05, 0) is 43.8 Å². The van der Waals surface area contributed by atoms with Crippen LogP contribution in [-0.2, 0) is 11.3 Å². The Morgan fingerprint density at radius 1 is 1.13 bits per heavy atom. The van der Waals surface area contributed by atoms with Gasteiger partial charge >= 0.3 is 0 Å². The zero-order chi connectivity index (χ0) is 17.0. The number of likely N-dealkylation sites (N-methyl/N-ethyl adjacent to an activating group) is 1. The van der Waals surface area contributed by atoms with E-state index in [-0.39, 0.29) is 11.9 Å². The Balaban J connectivity index is 2.02. The third-order valence-electron chi connectivity index (χ3n) is 3.61. The van der Waals surface area contributed by atoms with Gasteiger partial charge in [-0.15, -0.1) is 0 Å². The second-order valence-electron chi connectivity index (χ2n) is 5.30. The molecule has 0 radical (unpaired) electrons. The van der Waals surface area contributed by atoms with E-state index in [2.05, 4.69) is 5.32 Å². The van der Waals surface area contributed by atoms with Gasteiger partial charge in [0.2, 0.25) is 5.91 Å². The molecular weight excluding hydrogens is 355 g/mol. The van der Waals surface area contributed by atoms with Crippen LogP contribution in [-0.4, -0.2) is 23.9 Å². The van der Waals surface area contributed by atoms with Crippen LogP contribution in [0.25, 0.3) is 0 Å². The fourth-order valence-electron chi connectivity index (χ4n) is 2.06. The monoisotopic (exact) mass is 370 g/mol. The summed E-state index contributed by atoms with van der Waals surface area (Å²) >= 11 is 18.1. The first kappa shape index (κ1) is 18.1. The number of amides is 1. The van der Waals surface area contributed by atoms with Crippen molar-refractivity contribution in [1.82, 2.24) is 4.90 Å². The van der Waals surface area contributed by atoms with Crippen molar-refractivity contribution in [2.75, 3.05) is 12.4 Å². The highest BCUT2D eigenvalue weighted by Gasteiger charge is 2.19. The summed E-state index contributed by atoms with van der Waals surface area (Å²) in [7, 11) is 1.87. The molecule has 2 aromatic carbocycles. The Morgan fingerprint density at radius 3 is 2.48 bits per heavy atom. The molecule has 1 atom stereocenters. The first-order chi connectivity index (χ1) is 10.9. The molecule has 1 unspecified atom stereocenters. The van der Waals surface area contributed by atoms with Gasteiger partial charge in [0, 0.05) is 16.6 Å². The van der Waals surface area contributed by atoms with Crippen LogP contribution in [0.3, 0.4) is 0 Å². The fraction of sp³-hybridized carbons (Fsp3) is 0.235. The van der Waals surface area contributed by atoms with E-state index in [1.807, 2.05) is 43.1 Å². The average Bonchev–Trinajstić information content (AvgIpc) is 2.51. The smallest absolute Gasteiger partial charge is 0.241 e. The summed E-state index contributed by atoms with van der Waals surface area (Å²) in [5.74, 6) is -0.149. The minimum atomic E-state index is -0.349. The zero-order valence-electron chi connectivity index (χ0n) is 12.8. The molecule has 1 N–H and O–H groups in total. The number of nitrogens with zero attached hydrogens (tertiary/aromatic N) is 1. The molecule has 0 heterocycles. The van der Waals surface area contributed by atoms with Crippen molar-refractivity contribution in [3.63, 3.8) is 0 Å². The van der Waals surface area contributed by atoms with E-state index in [1.54, 1.807) is 18.2 Å². The van der Waals surface area contributed by atoms with Crippen LogP contribution in [0.15, 0.2) is 42.5 Å². The lowest BCUT2D eigenvalue weighted by atomic mass is 10.2. The maximum atomic E-state index is 12.4. The van der Waals surface area contributed by atoms with Gasteiger partial charge < -0.3 is 5.32 Å². The van der Waals surface area contributed by atoms with Gasteiger partial charge in [0.15, 0.2) is 0 Å². The van der Waals surface area contributed by atoms with E-state index in [4.69, 9.17) is 34.8 Å². The Morgan fingerprint density at radius 2 is 1.83 bits per heavy atom. The number of benzene rings is 2. The molecule has 0 bridgehead atoms. The van der Waals surface area contributed by atoms with E-state index < -0.39 is 0 Å². The number of carbonyl (C=O) groups is 1. The molecule has 2 aromatic rings. The fourth-order valence-corrected chi connectivity index (χ4v) is 2.71. The van der Waals surface area contributed by atoms with E-state index >= 15 is 0 Å². The molecule has 2 rings (SSSR count). The standard InChI is InChI=1S/C17H17Cl3N2O/c1-11(22(2)10-12-5-3-4-6-14(12)19)17(23)21-16-8-7-13(18)9-15(16)20/h3-9,11H,10H2,1-2H3,(H,21,23).